The van der Waals surface area contributed by atoms with Crippen LogP contribution in [0, 0.1) is 24.7 Å². The first-order valence-corrected chi connectivity index (χ1v) is 7.42. The van der Waals surface area contributed by atoms with Gasteiger partial charge in [0.1, 0.15) is 0 Å². The highest BCUT2D eigenvalue weighted by Crippen LogP contribution is 2.33. The molecule has 106 valence electrons. The van der Waals surface area contributed by atoms with Crippen LogP contribution < -0.4 is 0 Å². The molecule has 1 aromatic rings. The molecule has 2 heteroatoms. The molecule has 20 heavy (non-hydrogen) atoms. The van der Waals surface area contributed by atoms with E-state index in [9.17, 15) is 0 Å². The van der Waals surface area contributed by atoms with Gasteiger partial charge in [0.15, 0.2) is 0 Å². The number of aryl methyl sites for hydroxylation is 1. The van der Waals surface area contributed by atoms with Crippen LogP contribution in [0.2, 0.25) is 0 Å². The topological polar surface area (TPSA) is 15.6 Å². The third-order valence-electron chi connectivity index (χ3n) is 3.52. The van der Waals surface area contributed by atoms with Crippen molar-refractivity contribution in [2.24, 2.45) is 10.9 Å². The van der Waals surface area contributed by atoms with Crippen molar-refractivity contribution in [3.05, 3.63) is 29.3 Å². The summed E-state index contributed by atoms with van der Waals surface area (Å²) in [6.45, 7) is 5.13. The molecule has 2 rings (SSSR count). The zero-order valence-corrected chi connectivity index (χ0v) is 13.0. The molecule has 0 bridgehead atoms. The quantitative estimate of drug-likeness (QED) is 0.758. The fourth-order valence-corrected chi connectivity index (χ4v) is 2.22. The maximum absolute atomic E-state index is 4.75. The van der Waals surface area contributed by atoms with E-state index in [1.807, 2.05) is 14.1 Å². The Hall–Kier alpha value is -1.59. The molecular formula is C18H24N2. The van der Waals surface area contributed by atoms with Gasteiger partial charge in [-0.2, -0.15) is 0 Å². The summed E-state index contributed by atoms with van der Waals surface area (Å²) in [6, 6.07) is 6.34. The Morgan fingerprint density at radius 3 is 2.85 bits per heavy atom. The first-order valence-electron chi connectivity index (χ1n) is 7.42. The minimum Gasteiger partial charge on any atom is -0.299 e. The van der Waals surface area contributed by atoms with Gasteiger partial charge in [-0.15, -0.1) is 0 Å². The van der Waals surface area contributed by atoms with Crippen LogP contribution in [0.15, 0.2) is 23.2 Å². The van der Waals surface area contributed by atoms with Crippen molar-refractivity contribution >= 4 is 11.4 Å². The molecule has 1 unspecified atom stereocenters. The SMILES string of the molecule is CCCC1CC1=Nc1ccc(C)c(C#CCN(C)C)c1. The Morgan fingerprint density at radius 1 is 1.35 bits per heavy atom. The summed E-state index contributed by atoms with van der Waals surface area (Å²) < 4.78 is 0. The number of rotatable bonds is 4. The van der Waals surface area contributed by atoms with E-state index in [4.69, 9.17) is 4.99 Å². The minimum absolute atomic E-state index is 0.740. The fraction of sp³-hybridized carbons (Fsp3) is 0.500. The molecule has 0 aromatic heterocycles. The average molecular weight is 268 g/mol. The molecular weight excluding hydrogens is 244 g/mol. The van der Waals surface area contributed by atoms with E-state index in [1.54, 1.807) is 0 Å². The van der Waals surface area contributed by atoms with Crippen molar-refractivity contribution in [2.45, 2.75) is 33.1 Å². The number of nitrogens with zero attached hydrogens (tertiary/aromatic N) is 2. The third-order valence-corrected chi connectivity index (χ3v) is 3.52. The molecule has 1 fully saturated rings. The van der Waals surface area contributed by atoms with E-state index in [0.717, 1.165) is 23.7 Å². The van der Waals surface area contributed by atoms with Gasteiger partial charge >= 0.3 is 0 Å². The maximum atomic E-state index is 4.75. The first-order chi connectivity index (χ1) is 9.60. The molecule has 0 heterocycles. The lowest BCUT2D eigenvalue weighted by Crippen LogP contribution is -2.10. The van der Waals surface area contributed by atoms with Gasteiger partial charge in [-0.05, 0) is 51.6 Å². The highest BCUT2D eigenvalue weighted by Gasteiger charge is 2.30. The maximum Gasteiger partial charge on any atom is 0.0641 e. The van der Waals surface area contributed by atoms with Gasteiger partial charge in [0.2, 0.25) is 0 Å². The van der Waals surface area contributed by atoms with Crippen molar-refractivity contribution in [1.82, 2.24) is 4.90 Å². The molecule has 0 spiro atoms. The predicted molar refractivity (Wildman–Crippen MR) is 86.7 cm³/mol. The summed E-state index contributed by atoms with van der Waals surface area (Å²) in [7, 11) is 4.07. The molecule has 0 amide bonds. The van der Waals surface area contributed by atoms with Crippen LogP contribution in [0.3, 0.4) is 0 Å². The molecule has 2 nitrogen and oxygen atoms in total. The van der Waals surface area contributed by atoms with Crippen LogP contribution in [0.4, 0.5) is 5.69 Å². The second-order valence-corrected chi connectivity index (χ2v) is 5.83. The van der Waals surface area contributed by atoms with Crippen LogP contribution in [0.5, 0.6) is 0 Å². The monoisotopic (exact) mass is 268 g/mol. The van der Waals surface area contributed by atoms with Crippen molar-refractivity contribution in [1.29, 1.82) is 0 Å². The summed E-state index contributed by atoms with van der Waals surface area (Å²) in [5, 5.41) is 0. The molecule has 0 radical (unpaired) electrons. The van der Waals surface area contributed by atoms with E-state index in [2.05, 4.69) is 48.8 Å². The van der Waals surface area contributed by atoms with Crippen molar-refractivity contribution in [3.8, 4) is 11.8 Å². The molecule has 0 N–H and O–H groups in total. The summed E-state index contributed by atoms with van der Waals surface area (Å²) in [5.74, 6) is 7.19. The Labute approximate surface area is 122 Å². The van der Waals surface area contributed by atoms with E-state index in [1.165, 1.54) is 30.5 Å². The molecule has 1 aromatic carbocycles. The van der Waals surface area contributed by atoms with E-state index in [-0.39, 0.29) is 0 Å². The van der Waals surface area contributed by atoms with Gasteiger partial charge in [0.25, 0.3) is 0 Å². The lowest BCUT2D eigenvalue weighted by atomic mass is 10.1. The molecule has 1 aliphatic carbocycles. The number of benzene rings is 1. The second-order valence-electron chi connectivity index (χ2n) is 5.83. The Balaban J connectivity index is 2.11. The smallest absolute Gasteiger partial charge is 0.0641 e. The van der Waals surface area contributed by atoms with Crippen molar-refractivity contribution in [2.75, 3.05) is 20.6 Å². The van der Waals surface area contributed by atoms with Gasteiger partial charge in [0, 0.05) is 17.2 Å². The molecule has 1 saturated carbocycles. The molecule has 0 saturated heterocycles. The minimum atomic E-state index is 0.740. The predicted octanol–water partition coefficient (Wildman–Crippen LogP) is 3.80. The largest absolute Gasteiger partial charge is 0.299 e. The highest BCUT2D eigenvalue weighted by molar-refractivity contribution is 6.02. The van der Waals surface area contributed by atoms with Crippen molar-refractivity contribution in [3.63, 3.8) is 0 Å². The Morgan fingerprint density at radius 2 is 2.15 bits per heavy atom. The fourth-order valence-electron chi connectivity index (χ4n) is 2.22. The summed E-state index contributed by atoms with van der Waals surface area (Å²) in [4.78, 5) is 6.83. The lowest BCUT2D eigenvalue weighted by molar-refractivity contribution is 0.464. The van der Waals surface area contributed by atoms with Gasteiger partial charge < -0.3 is 0 Å². The van der Waals surface area contributed by atoms with Crippen LogP contribution in [-0.2, 0) is 0 Å². The van der Waals surface area contributed by atoms with Gasteiger partial charge in [-0.25, -0.2) is 0 Å². The van der Waals surface area contributed by atoms with Gasteiger partial charge in [0.05, 0.1) is 12.2 Å². The van der Waals surface area contributed by atoms with Gasteiger partial charge in [-0.3, -0.25) is 9.89 Å². The number of aliphatic imine (C=N–C) groups is 1. The molecule has 0 aliphatic heterocycles. The van der Waals surface area contributed by atoms with Crippen LogP contribution in [0.25, 0.3) is 0 Å². The number of hydrogen-bond donors (Lipinski definition) is 0. The van der Waals surface area contributed by atoms with E-state index in [0.29, 0.717) is 0 Å². The van der Waals surface area contributed by atoms with E-state index < -0.39 is 0 Å². The lowest BCUT2D eigenvalue weighted by Gasteiger charge is -2.02. The Bertz CT molecular complexity index is 559. The van der Waals surface area contributed by atoms with Crippen LogP contribution >= 0.6 is 0 Å². The zero-order chi connectivity index (χ0) is 14.5. The standard InChI is InChI=1S/C18H24N2/c1-5-7-16-13-18(16)19-17-10-9-14(2)15(12-17)8-6-11-20(3)4/h9-10,12,16H,5,7,11,13H2,1-4H3. The zero-order valence-electron chi connectivity index (χ0n) is 13.0. The summed E-state index contributed by atoms with van der Waals surface area (Å²) in [5.41, 5.74) is 4.74. The second kappa shape index (κ2) is 6.72. The number of hydrogen-bond acceptors (Lipinski definition) is 2. The van der Waals surface area contributed by atoms with Crippen LogP contribution in [-0.4, -0.2) is 31.3 Å². The Kier molecular flexibility index (Phi) is 4.98. The molecule has 1 atom stereocenters. The highest BCUT2D eigenvalue weighted by atomic mass is 15.0. The van der Waals surface area contributed by atoms with Crippen molar-refractivity contribution < 1.29 is 0 Å². The van der Waals surface area contributed by atoms with E-state index >= 15 is 0 Å². The summed E-state index contributed by atoms with van der Waals surface area (Å²) in [6.07, 6.45) is 3.71. The summed E-state index contributed by atoms with van der Waals surface area (Å²) >= 11 is 0. The average Bonchev–Trinajstić information content (AvgIpc) is 3.11. The first kappa shape index (κ1) is 14.8. The van der Waals surface area contributed by atoms with Gasteiger partial charge in [-0.1, -0.05) is 31.3 Å². The normalized spacial score (nSPS) is 19.1. The third kappa shape index (κ3) is 4.21. The van der Waals surface area contributed by atoms with Crippen LogP contribution in [0.1, 0.15) is 37.3 Å². The molecule has 1 aliphatic rings.